The molecule has 2 aromatic carbocycles. The van der Waals surface area contributed by atoms with Crippen LogP contribution in [0.4, 0.5) is 5.69 Å². The first-order chi connectivity index (χ1) is 9.00. The molecule has 0 heterocycles. The zero-order chi connectivity index (χ0) is 14.0. The Balaban J connectivity index is 2.37. The Morgan fingerprint density at radius 1 is 1.11 bits per heavy atom. The molecule has 1 unspecified atom stereocenters. The zero-order valence-corrected chi connectivity index (χ0v) is 13.6. The van der Waals surface area contributed by atoms with Gasteiger partial charge in [0.2, 0.25) is 0 Å². The van der Waals surface area contributed by atoms with Gasteiger partial charge in [0.25, 0.3) is 0 Å². The Morgan fingerprint density at radius 2 is 1.68 bits per heavy atom. The fourth-order valence-corrected chi connectivity index (χ4v) is 4.55. The van der Waals surface area contributed by atoms with E-state index in [0.29, 0.717) is 20.6 Å². The highest BCUT2D eigenvalue weighted by atomic mass is 79.9. The van der Waals surface area contributed by atoms with E-state index < -0.39 is 10.8 Å². The molecular weight excluding hydrogens is 369 g/mol. The maximum Gasteiger partial charge on any atom is 0.0763 e. The molecule has 6 heteroatoms. The van der Waals surface area contributed by atoms with Crippen LogP contribution < -0.4 is 5.73 Å². The maximum atomic E-state index is 12.4. The van der Waals surface area contributed by atoms with Gasteiger partial charge in [0.1, 0.15) is 0 Å². The van der Waals surface area contributed by atoms with E-state index in [-0.39, 0.29) is 5.75 Å². The molecule has 0 aliphatic heterocycles. The molecule has 2 rings (SSSR count). The van der Waals surface area contributed by atoms with Crippen molar-refractivity contribution in [1.29, 1.82) is 0 Å². The van der Waals surface area contributed by atoms with E-state index in [0.717, 1.165) is 10.0 Å². The van der Waals surface area contributed by atoms with E-state index in [1.165, 1.54) is 0 Å². The molecule has 0 spiro atoms. The monoisotopic (exact) mass is 377 g/mol. The van der Waals surface area contributed by atoms with Crippen molar-refractivity contribution < 1.29 is 4.21 Å². The largest absolute Gasteiger partial charge is 0.398 e. The summed E-state index contributed by atoms with van der Waals surface area (Å²) in [5, 5.41) is 0.799. The second kappa shape index (κ2) is 6.27. The average molecular weight is 379 g/mol. The van der Waals surface area contributed by atoms with Crippen LogP contribution in [0.15, 0.2) is 45.8 Å². The van der Waals surface area contributed by atoms with Gasteiger partial charge in [-0.05, 0) is 24.3 Å². The molecule has 2 N–H and O–H groups in total. The predicted octanol–water partition coefficient (Wildman–Crippen LogP) is 4.65. The minimum absolute atomic E-state index is 0.261. The van der Waals surface area contributed by atoms with Crippen LogP contribution in [0.2, 0.25) is 10.0 Å². The molecule has 0 aliphatic rings. The Morgan fingerprint density at radius 3 is 2.26 bits per heavy atom. The van der Waals surface area contributed by atoms with Crippen LogP contribution in [-0.2, 0) is 16.6 Å². The molecule has 0 bridgehead atoms. The van der Waals surface area contributed by atoms with Crippen LogP contribution in [0, 0.1) is 0 Å². The molecule has 0 aliphatic carbocycles. The van der Waals surface area contributed by atoms with Crippen molar-refractivity contribution in [2.45, 2.75) is 10.6 Å². The topological polar surface area (TPSA) is 43.1 Å². The zero-order valence-electron chi connectivity index (χ0n) is 9.70. The van der Waals surface area contributed by atoms with Crippen LogP contribution in [0.25, 0.3) is 0 Å². The van der Waals surface area contributed by atoms with Gasteiger partial charge >= 0.3 is 0 Å². The summed E-state index contributed by atoms with van der Waals surface area (Å²) in [5.74, 6) is 0.261. The van der Waals surface area contributed by atoms with Crippen LogP contribution in [-0.4, -0.2) is 4.21 Å². The minimum atomic E-state index is -1.35. The molecule has 0 fully saturated rings. The van der Waals surface area contributed by atoms with Crippen LogP contribution in [0.1, 0.15) is 5.56 Å². The third-order valence-corrected chi connectivity index (χ3v) is 5.62. The number of nitrogens with two attached hydrogens (primary N) is 1. The Bertz CT molecular complexity index is 608. The molecule has 0 radical (unpaired) electrons. The van der Waals surface area contributed by atoms with E-state index >= 15 is 0 Å². The normalized spacial score (nSPS) is 12.4. The Hall–Kier alpha value is -0.550. The molecule has 19 heavy (non-hydrogen) atoms. The highest BCUT2D eigenvalue weighted by molar-refractivity contribution is 9.10. The minimum Gasteiger partial charge on any atom is -0.398 e. The lowest BCUT2D eigenvalue weighted by Gasteiger charge is -2.10. The molecule has 1 atom stereocenters. The fourth-order valence-electron chi connectivity index (χ4n) is 1.63. The van der Waals surface area contributed by atoms with Crippen LogP contribution in [0.5, 0.6) is 0 Å². The Labute approximate surface area is 132 Å². The SMILES string of the molecule is Nc1cccc(Br)c1CS(=O)c1c(Cl)cccc1Cl. The maximum absolute atomic E-state index is 12.4. The van der Waals surface area contributed by atoms with Crippen LogP contribution in [0.3, 0.4) is 0 Å². The molecule has 0 aromatic heterocycles. The van der Waals surface area contributed by atoms with Gasteiger partial charge in [-0.2, -0.15) is 0 Å². The summed E-state index contributed by atoms with van der Waals surface area (Å²) < 4.78 is 13.2. The third-order valence-electron chi connectivity index (χ3n) is 2.58. The number of anilines is 1. The van der Waals surface area contributed by atoms with Gasteiger partial charge in [-0.1, -0.05) is 51.3 Å². The number of rotatable bonds is 3. The van der Waals surface area contributed by atoms with Gasteiger partial charge in [0, 0.05) is 15.7 Å². The first-order valence-electron chi connectivity index (χ1n) is 5.36. The van der Waals surface area contributed by atoms with Gasteiger partial charge in [-0.15, -0.1) is 0 Å². The smallest absolute Gasteiger partial charge is 0.0763 e. The van der Waals surface area contributed by atoms with Crippen molar-refractivity contribution in [3.8, 4) is 0 Å². The lowest BCUT2D eigenvalue weighted by atomic mass is 10.2. The lowest BCUT2D eigenvalue weighted by Crippen LogP contribution is -2.02. The summed E-state index contributed by atoms with van der Waals surface area (Å²) in [6.45, 7) is 0. The van der Waals surface area contributed by atoms with E-state index in [1.807, 2.05) is 12.1 Å². The lowest BCUT2D eigenvalue weighted by molar-refractivity contribution is 0.682. The Kier molecular flexibility index (Phi) is 4.90. The first kappa shape index (κ1) is 14.9. The standard InChI is InChI=1S/C13H10BrCl2NOS/c14-9-3-1-6-12(17)8(9)7-19(18)13-10(15)4-2-5-11(13)16/h1-6H,7,17H2. The molecular formula is C13H10BrCl2NOS. The molecule has 2 aromatic rings. The molecule has 100 valence electrons. The summed E-state index contributed by atoms with van der Waals surface area (Å²) in [6.07, 6.45) is 0. The highest BCUT2D eigenvalue weighted by Gasteiger charge is 2.16. The van der Waals surface area contributed by atoms with E-state index in [9.17, 15) is 4.21 Å². The molecule has 0 saturated carbocycles. The third kappa shape index (κ3) is 3.31. The van der Waals surface area contributed by atoms with Crippen molar-refractivity contribution in [1.82, 2.24) is 0 Å². The first-order valence-corrected chi connectivity index (χ1v) is 8.22. The number of hydrogen-bond acceptors (Lipinski definition) is 2. The van der Waals surface area contributed by atoms with Gasteiger partial charge in [0.05, 0.1) is 31.5 Å². The van der Waals surface area contributed by atoms with E-state index in [4.69, 9.17) is 28.9 Å². The van der Waals surface area contributed by atoms with Gasteiger partial charge in [-0.3, -0.25) is 4.21 Å². The summed E-state index contributed by atoms with van der Waals surface area (Å²) >= 11 is 15.5. The molecule has 0 saturated heterocycles. The summed E-state index contributed by atoms with van der Waals surface area (Å²) in [6, 6.07) is 10.5. The summed E-state index contributed by atoms with van der Waals surface area (Å²) in [4.78, 5) is 0.445. The second-order valence-electron chi connectivity index (χ2n) is 3.85. The van der Waals surface area contributed by atoms with Crippen molar-refractivity contribution in [2.75, 3.05) is 5.73 Å². The summed E-state index contributed by atoms with van der Waals surface area (Å²) in [5.41, 5.74) is 7.27. The van der Waals surface area contributed by atoms with Crippen molar-refractivity contribution in [3.05, 3.63) is 56.5 Å². The van der Waals surface area contributed by atoms with Crippen molar-refractivity contribution in [2.24, 2.45) is 0 Å². The number of halogens is 3. The van der Waals surface area contributed by atoms with Crippen molar-refractivity contribution in [3.63, 3.8) is 0 Å². The highest BCUT2D eigenvalue weighted by Crippen LogP contribution is 2.31. The number of benzene rings is 2. The fraction of sp³-hybridized carbons (Fsp3) is 0.0769. The van der Waals surface area contributed by atoms with Crippen LogP contribution >= 0.6 is 39.1 Å². The summed E-state index contributed by atoms with van der Waals surface area (Å²) in [7, 11) is -1.35. The van der Waals surface area contributed by atoms with Gasteiger partial charge in [-0.25, -0.2) is 0 Å². The van der Waals surface area contributed by atoms with Gasteiger partial charge in [0.15, 0.2) is 0 Å². The number of nitrogen functional groups attached to an aromatic ring is 1. The van der Waals surface area contributed by atoms with Crippen molar-refractivity contribution >= 4 is 55.6 Å². The molecule has 2 nitrogen and oxygen atoms in total. The van der Waals surface area contributed by atoms with E-state index in [1.54, 1.807) is 24.3 Å². The predicted molar refractivity (Wildman–Crippen MR) is 85.1 cm³/mol. The van der Waals surface area contributed by atoms with Gasteiger partial charge < -0.3 is 5.73 Å². The molecule has 0 amide bonds. The quantitative estimate of drug-likeness (QED) is 0.790. The second-order valence-corrected chi connectivity index (χ2v) is 6.90. The average Bonchev–Trinajstić information content (AvgIpc) is 2.34. The van der Waals surface area contributed by atoms with E-state index in [2.05, 4.69) is 15.9 Å². The number of hydrogen-bond donors (Lipinski definition) is 1.